The van der Waals surface area contributed by atoms with Crippen LogP contribution in [0.2, 0.25) is 5.02 Å². The Morgan fingerprint density at radius 2 is 1.86 bits per heavy atom. The maximum absolute atomic E-state index is 13.4. The van der Waals surface area contributed by atoms with Gasteiger partial charge in [-0.2, -0.15) is 4.98 Å². The Hall–Kier alpha value is -4.11. The molecule has 9 nitrogen and oxygen atoms in total. The first-order chi connectivity index (χ1) is 16.8. The lowest BCUT2D eigenvalue weighted by atomic mass is 10.1. The Balaban J connectivity index is 1.45. The molecule has 5 rings (SSSR count). The molecular formula is C25H21ClN4O5. The van der Waals surface area contributed by atoms with Crippen molar-refractivity contribution in [1.82, 2.24) is 14.7 Å². The molecule has 4 aromatic rings. The highest BCUT2D eigenvalue weighted by Gasteiger charge is 2.22. The average Bonchev–Trinajstić information content (AvgIpc) is 3.48. The Bertz CT molecular complexity index is 1530. The van der Waals surface area contributed by atoms with Crippen LogP contribution in [0.25, 0.3) is 22.8 Å². The number of anilines is 1. The van der Waals surface area contributed by atoms with Gasteiger partial charge in [-0.25, -0.2) is 0 Å². The molecule has 0 unspecified atom stereocenters. The number of ether oxygens (including phenoxy) is 2. The third-order valence-electron chi connectivity index (χ3n) is 5.75. The van der Waals surface area contributed by atoms with Gasteiger partial charge in [0.05, 0.1) is 0 Å². The maximum atomic E-state index is 13.4. The highest BCUT2D eigenvalue weighted by atomic mass is 35.5. The van der Waals surface area contributed by atoms with Crippen molar-refractivity contribution in [2.24, 2.45) is 0 Å². The number of carbonyl (C=O) groups is 1. The zero-order valence-corrected chi connectivity index (χ0v) is 20.0. The second kappa shape index (κ2) is 8.92. The number of halogens is 1. The van der Waals surface area contributed by atoms with Crippen LogP contribution >= 0.6 is 11.6 Å². The monoisotopic (exact) mass is 492 g/mol. The number of aryl methyl sites for hydroxylation is 3. The van der Waals surface area contributed by atoms with Gasteiger partial charge in [-0.3, -0.25) is 9.59 Å². The molecule has 1 N–H and O–H groups in total. The van der Waals surface area contributed by atoms with Crippen molar-refractivity contribution in [3.8, 4) is 34.3 Å². The lowest BCUT2D eigenvalue weighted by Gasteiger charge is -2.14. The number of rotatable bonds is 5. The van der Waals surface area contributed by atoms with Crippen molar-refractivity contribution < 1.29 is 18.8 Å². The number of nitrogens with one attached hydrogen (secondary N) is 1. The summed E-state index contributed by atoms with van der Waals surface area (Å²) < 4.78 is 17.6. The minimum Gasteiger partial charge on any atom is -0.454 e. The molecule has 0 saturated carbocycles. The van der Waals surface area contributed by atoms with E-state index in [0.717, 1.165) is 5.56 Å². The zero-order valence-electron chi connectivity index (χ0n) is 19.2. The zero-order chi connectivity index (χ0) is 24.7. The van der Waals surface area contributed by atoms with Crippen LogP contribution in [-0.2, 0) is 11.3 Å². The van der Waals surface area contributed by atoms with E-state index in [9.17, 15) is 9.59 Å². The summed E-state index contributed by atoms with van der Waals surface area (Å²) in [5, 5.41) is 7.36. The fourth-order valence-corrected chi connectivity index (χ4v) is 4.10. The number of hydrogen-bond donors (Lipinski definition) is 1. The van der Waals surface area contributed by atoms with Crippen molar-refractivity contribution in [1.29, 1.82) is 0 Å². The summed E-state index contributed by atoms with van der Waals surface area (Å²) in [4.78, 5) is 30.6. The van der Waals surface area contributed by atoms with Gasteiger partial charge in [0.1, 0.15) is 12.1 Å². The van der Waals surface area contributed by atoms with Gasteiger partial charge in [0, 0.05) is 22.0 Å². The van der Waals surface area contributed by atoms with Gasteiger partial charge in [-0.15, -0.1) is 0 Å². The first-order valence-electron chi connectivity index (χ1n) is 10.8. The highest BCUT2D eigenvalue weighted by Crippen LogP contribution is 2.35. The van der Waals surface area contributed by atoms with Gasteiger partial charge in [0.15, 0.2) is 11.5 Å². The summed E-state index contributed by atoms with van der Waals surface area (Å²) in [5.41, 5.74) is 3.23. The topological polar surface area (TPSA) is 108 Å². The minimum absolute atomic E-state index is 0.0695. The largest absolute Gasteiger partial charge is 0.454 e. The first-order valence-corrected chi connectivity index (χ1v) is 11.2. The first kappa shape index (κ1) is 22.7. The van der Waals surface area contributed by atoms with Gasteiger partial charge in [-0.05, 0) is 68.3 Å². The van der Waals surface area contributed by atoms with Gasteiger partial charge in [-0.1, -0.05) is 22.8 Å². The number of pyridine rings is 1. The molecule has 0 radical (unpaired) electrons. The van der Waals surface area contributed by atoms with Gasteiger partial charge in [0.2, 0.25) is 18.5 Å². The highest BCUT2D eigenvalue weighted by molar-refractivity contribution is 6.31. The van der Waals surface area contributed by atoms with Crippen LogP contribution in [0.1, 0.15) is 16.8 Å². The molecule has 3 heterocycles. The summed E-state index contributed by atoms with van der Waals surface area (Å²) in [5.74, 6) is 1.24. The van der Waals surface area contributed by atoms with Crippen molar-refractivity contribution in [3.05, 3.63) is 74.7 Å². The Morgan fingerprint density at radius 3 is 2.69 bits per heavy atom. The molecule has 1 aliphatic heterocycles. The summed E-state index contributed by atoms with van der Waals surface area (Å²) in [6, 6.07) is 12.3. The SMILES string of the molecule is Cc1ccc(Cl)cc1NC(=O)Cn1c(C)cc(C)c(-c2nc(-c3ccc4c(c3)OCO4)no2)c1=O. The van der Waals surface area contributed by atoms with Crippen LogP contribution in [0.4, 0.5) is 5.69 Å². The van der Waals surface area contributed by atoms with Gasteiger partial charge < -0.3 is 23.9 Å². The molecule has 1 aliphatic rings. The van der Waals surface area contributed by atoms with E-state index in [2.05, 4.69) is 15.5 Å². The number of amides is 1. The molecule has 35 heavy (non-hydrogen) atoms. The minimum atomic E-state index is -0.402. The quantitative estimate of drug-likeness (QED) is 0.436. The van der Waals surface area contributed by atoms with Crippen molar-refractivity contribution in [3.63, 3.8) is 0 Å². The normalized spacial score (nSPS) is 12.1. The van der Waals surface area contributed by atoms with Gasteiger partial charge in [0.25, 0.3) is 11.4 Å². The number of hydrogen-bond acceptors (Lipinski definition) is 7. The Kier molecular flexibility index (Phi) is 5.78. The van der Waals surface area contributed by atoms with E-state index in [1.807, 2.05) is 13.0 Å². The summed E-state index contributed by atoms with van der Waals surface area (Å²) in [6.45, 7) is 5.38. The number of fused-ring (bicyclic) bond motifs is 1. The van der Waals surface area contributed by atoms with E-state index in [-0.39, 0.29) is 30.7 Å². The number of benzene rings is 2. The molecular weight excluding hydrogens is 472 g/mol. The van der Waals surface area contributed by atoms with Crippen LogP contribution in [0.3, 0.4) is 0 Å². The molecule has 10 heteroatoms. The maximum Gasteiger partial charge on any atom is 0.264 e. The molecule has 2 aromatic carbocycles. The lowest BCUT2D eigenvalue weighted by molar-refractivity contribution is -0.116. The number of nitrogens with zero attached hydrogens (tertiary/aromatic N) is 3. The summed E-state index contributed by atoms with van der Waals surface area (Å²) in [6.07, 6.45) is 0. The standard InChI is InChI=1S/C25H21ClN4O5/c1-13-4-6-17(26)10-18(13)27-21(31)11-30-15(3)8-14(2)22(25(30)32)24-28-23(29-35-24)16-5-7-19-20(9-16)34-12-33-19/h4-10H,11-12H2,1-3H3,(H,27,31). The smallest absolute Gasteiger partial charge is 0.264 e. The Morgan fingerprint density at radius 1 is 1.06 bits per heavy atom. The summed E-state index contributed by atoms with van der Waals surface area (Å²) >= 11 is 6.05. The molecule has 2 aromatic heterocycles. The third kappa shape index (κ3) is 4.38. The van der Waals surface area contributed by atoms with Crippen molar-refractivity contribution in [2.45, 2.75) is 27.3 Å². The number of aromatic nitrogens is 3. The molecule has 1 amide bonds. The van der Waals surface area contributed by atoms with E-state index < -0.39 is 5.56 Å². The molecule has 0 saturated heterocycles. The van der Waals surface area contributed by atoms with E-state index in [1.54, 1.807) is 50.2 Å². The van der Waals surface area contributed by atoms with Crippen LogP contribution in [0, 0.1) is 20.8 Å². The molecule has 0 aliphatic carbocycles. The molecule has 0 spiro atoms. The number of carbonyl (C=O) groups excluding carboxylic acids is 1. The predicted octanol–water partition coefficient (Wildman–Crippen LogP) is 4.51. The van der Waals surface area contributed by atoms with E-state index in [4.69, 9.17) is 25.6 Å². The fraction of sp³-hybridized carbons (Fsp3) is 0.200. The van der Waals surface area contributed by atoms with Crippen molar-refractivity contribution >= 4 is 23.2 Å². The van der Waals surface area contributed by atoms with Crippen LogP contribution in [0.5, 0.6) is 11.5 Å². The average molecular weight is 493 g/mol. The van der Waals surface area contributed by atoms with E-state index in [0.29, 0.717) is 44.9 Å². The molecule has 0 fully saturated rings. The van der Waals surface area contributed by atoms with Crippen LogP contribution in [0.15, 0.2) is 51.8 Å². The predicted molar refractivity (Wildman–Crippen MR) is 130 cm³/mol. The molecule has 0 atom stereocenters. The molecule has 178 valence electrons. The van der Waals surface area contributed by atoms with Crippen LogP contribution in [-0.4, -0.2) is 27.4 Å². The van der Waals surface area contributed by atoms with Gasteiger partial charge >= 0.3 is 0 Å². The fourth-order valence-electron chi connectivity index (χ4n) is 3.92. The lowest BCUT2D eigenvalue weighted by Crippen LogP contribution is -2.30. The molecule has 0 bridgehead atoms. The second-order valence-electron chi connectivity index (χ2n) is 8.23. The van der Waals surface area contributed by atoms with E-state index >= 15 is 0 Å². The van der Waals surface area contributed by atoms with E-state index in [1.165, 1.54) is 4.57 Å². The van der Waals surface area contributed by atoms with Crippen molar-refractivity contribution in [2.75, 3.05) is 12.1 Å². The van der Waals surface area contributed by atoms with Crippen LogP contribution < -0.4 is 20.3 Å². The summed E-state index contributed by atoms with van der Waals surface area (Å²) in [7, 11) is 0. The second-order valence-corrected chi connectivity index (χ2v) is 8.67. The Labute approximate surface area is 205 Å². The third-order valence-corrected chi connectivity index (χ3v) is 5.99.